The van der Waals surface area contributed by atoms with Gasteiger partial charge in [0.05, 0.1) is 12.2 Å². The van der Waals surface area contributed by atoms with Crippen molar-refractivity contribution < 1.29 is 19.1 Å². The van der Waals surface area contributed by atoms with Crippen LogP contribution in [0.5, 0.6) is 5.75 Å². The number of carbonyl (C=O) groups excluding carboxylic acids is 2. The second-order valence-corrected chi connectivity index (χ2v) is 4.82. The molecule has 2 aromatic rings. The minimum absolute atomic E-state index is 0.0399. The molecule has 2 rings (SSSR count). The van der Waals surface area contributed by atoms with Gasteiger partial charge < -0.3 is 9.47 Å². The van der Waals surface area contributed by atoms with E-state index < -0.39 is 0 Å². The number of ether oxygens (including phenoxy) is 2. The molecule has 2 aromatic carbocycles. The first-order valence-electron chi connectivity index (χ1n) is 7.10. The molecular formula is C18H18O4. The lowest BCUT2D eigenvalue weighted by Gasteiger charge is -2.07. The maximum absolute atomic E-state index is 12.0. The van der Waals surface area contributed by atoms with E-state index in [1.165, 1.54) is 0 Å². The molecule has 0 aliphatic rings. The Morgan fingerprint density at radius 2 is 1.50 bits per heavy atom. The predicted molar refractivity (Wildman–Crippen MR) is 83.4 cm³/mol. The molecule has 0 heterocycles. The van der Waals surface area contributed by atoms with Crippen molar-refractivity contribution in [1.29, 1.82) is 0 Å². The zero-order chi connectivity index (χ0) is 15.9. The molecule has 0 saturated heterocycles. The average molecular weight is 298 g/mol. The highest BCUT2D eigenvalue weighted by atomic mass is 16.5. The van der Waals surface area contributed by atoms with Gasteiger partial charge in [-0.05, 0) is 38.1 Å². The Bertz CT molecular complexity index is 642. The van der Waals surface area contributed by atoms with Crippen LogP contribution < -0.4 is 4.74 Å². The predicted octanol–water partition coefficient (Wildman–Crippen LogP) is 3.43. The lowest BCUT2D eigenvalue weighted by atomic mass is 10.1. The summed E-state index contributed by atoms with van der Waals surface area (Å²) in [6.45, 7) is 4.02. The number of esters is 1. The number of ketones is 1. The van der Waals surface area contributed by atoms with Crippen molar-refractivity contribution in [2.75, 3.05) is 13.2 Å². The summed E-state index contributed by atoms with van der Waals surface area (Å²) in [6.07, 6.45) is 0. The van der Waals surface area contributed by atoms with Gasteiger partial charge in [-0.1, -0.05) is 29.8 Å². The van der Waals surface area contributed by atoms with Crippen LogP contribution in [0.2, 0.25) is 0 Å². The van der Waals surface area contributed by atoms with Gasteiger partial charge >= 0.3 is 5.97 Å². The summed E-state index contributed by atoms with van der Waals surface area (Å²) >= 11 is 0. The largest absolute Gasteiger partial charge is 0.485 e. The van der Waals surface area contributed by atoms with E-state index in [-0.39, 0.29) is 18.4 Å². The molecule has 0 aliphatic heterocycles. The summed E-state index contributed by atoms with van der Waals surface area (Å²) in [5, 5.41) is 0. The molecule has 4 nitrogen and oxygen atoms in total. The zero-order valence-corrected chi connectivity index (χ0v) is 12.7. The molecule has 4 heteroatoms. The van der Waals surface area contributed by atoms with Gasteiger partial charge in [0.1, 0.15) is 5.75 Å². The summed E-state index contributed by atoms with van der Waals surface area (Å²) in [5.41, 5.74) is 2.18. The zero-order valence-electron chi connectivity index (χ0n) is 12.7. The molecule has 0 unspecified atom stereocenters. The molecule has 0 fully saturated rings. The maximum atomic E-state index is 12.0. The lowest BCUT2D eigenvalue weighted by Crippen LogP contribution is -2.11. The molecule has 0 aromatic heterocycles. The highest BCUT2D eigenvalue weighted by Crippen LogP contribution is 2.14. The Hall–Kier alpha value is -2.62. The Labute approximate surface area is 129 Å². The highest BCUT2D eigenvalue weighted by Gasteiger charge is 2.08. The summed E-state index contributed by atoms with van der Waals surface area (Å²) in [7, 11) is 0. The average Bonchev–Trinajstić information content (AvgIpc) is 2.54. The van der Waals surface area contributed by atoms with Crippen molar-refractivity contribution in [3.63, 3.8) is 0 Å². The SMILES string of the molecule is CCOC(=O)c1ccc(OCC(=O)c2ccc(C)cc2)cc1. The quantitative estimate of drug-likeness (QED) is 0.605. The summed E-state index contributed by atoms with van der Waals surface area (Å²) < 4.78 is 10.3. The van der Waals surface area contributed by atoms with Crippen LogP contribution in [-0.2, 0) is 4.74 Å². The van der Waals surface area contributed by atoms with E-state index in [0.29, 0.717) is 23.5 Å². The van der Waals surface area contributed by atoms with Gasteiger partial charge in [0, 0.05) is 5.56 Å². The number of rotatable bonds is 6. The van der Waals surface area contributed by atoms with Crippen molar-refractivity contribution in [2.45, 2.75) is 13.8 Å². The number of aryl methyl sites for hydroxylation is 1. The Morgan fingerprint density at radius 1 is 0.909 bits per heavy atom. The van der Waals surface area contributed by atoms with Crippen molar-refractivity contribution in [3.05, 3.63) is 65.2 Å². The van der Waals surface area contributed by atoms with Crippen LogP contribution in [0, 0.1) is 6.92 Å². The first kappa shape index (κ1) is 15.8. The van der Waals surface area contributed by atoms with Crippen LogP contribution in [0.3, 0.4) is 0 Å². The van der Waals surface area contributed by atoms with Crippen molar-refractivity contribution in [2.24, 2.45) is 0 Å². The smallest absolute Gasteiger partial charge is 0.338 e. The van der Waals surface area contributed by atoms with Crippen LogP contribution in [0.25, 0.3) is 0 Å². The standard InChI is InChI=1S/C18H18O4/c1-3-21-18(20)15-8-10-16(11-9-15)22-12-17(19)14-6-4-13(2)5-7-14/h4-11H,3,12H2,1-2H3. The Balaban J connectivity index is 1.92. The van der Waals surface area contributed by atoms with Crippen LogP contribution in [0.15, 0.2) is 48.5 Å². The molecule has 22 heavy (non-hydrogen) atoms. The number of Topliss-reactive ketones (excluding diaryl/α,β-unsaturated/α-hetero) is 1. The molecule has 0 spiro atoms. The summed E-state index contributed by atoms with van der Waals surface area (Å²) in [6, 6.07) is 13.9. The molecule has 114 valence electrons. The third-order valence-corrected chi connectivity index (χ3v) is 3.11. The summed E-state index contributed by atoms with van der Waals surface area (Å²) in [4.78, 5) is 23.5. The van der Waals surface area contributed by atoms with E-state index in [9.17, 15) is 9.59 Å². The van der Waals surface area contributed by atoms with Crippen molar-refractivity contribution in [1.82, 2.24) is 0 Å². The molecule has 0 aliphatic carbocycles. The minimum atomic E-state index is -0.371. The first-order valence-corrected chi connectivity index (χ1v) is 7.10. The van der Waals surface area contributed by atoms with E-state index in [4.69, 9.17) is 9.47 Å². The van der Waals surface area contributed by atoms with Gasteiger partial charge in [-0.25, -0.2) is 4.79 Å². The molecule has 0 saturated carbocycles. The van der Waals surface area contributed by atoms with Crippen molar-refractivity contribution >= 4 is 11.8 Å². The monoisotopic (exact) mass is 298 g/mol. The molecule has 0 bridgehead atoms. The second kappa shape index (κ2) is 7.41. The van der Waals surface area contributed by atoms with Crippen molar-refractivity contribution in [3.8, 4) is 5.75 Å². The van der Waals surface area contributed by atoms with Gasteiger partial charge in [0.15, 0.2) is 12.4 Å². The van der Waals surface area contributed by atoms with E-state index in [2.05, 4.69) is 0 Å². The molecule has 0 atom stereocenters. The molecule has 0 radical (unpaired) electrons. The Kier molecular flexibility index (Phi) is 5.31. The second-order valence-electron chi connectivity index (χ2n) is 4.82. The number of benzene rings is 2. The van der Waals surface area contributed by atoms with Gasteiger partial charge in [-0.3, -0.25) is 4.79 Å². The first-order chi connectivity index (χ1) is 10.6. The Morgan fingerprint density at radius 3 is 2.09 bits per heavy atom. The van der Waals surface area contributed by atoms with Crippen LogP contribution >= 0.6 is 0 Å². The molecule has 0 amide bonds. The van der Waals surface area contributed by atoms with E-state index in [1.807, 2.05) is 19.1 Å². The van der Waals surface area contributed by atoms with Crippen LogP contribution in [-0.4, -0.2) is 25.0 Å². The third-order valence-electron chi connectivity index (χ3n) is 3.11. The fourth-order valence-electron chi connectivity index (χ4n) is 1.87. The van der Waals surface area contributed by atoms with E-state index in [0.717, 1.165) is 5.56 Å². The minimum Gasteiger partial charge on any atom is -0.485 e. The normalized spacial score (nSPS) is 10.1. The number of hydrogen-bond acceptors (Lipinski definition) is 4. The number of carbonyl (C=O) groups is 2. The third kappa shape index (κ3) is 4.19. The number of hydrogen-bond donors (Lipinski definition) is 0. The van der Waals surface area contributed by atoms with E-state index in [1.54, 1.807) is 43.3 Å². The van der Waals surface area contributed by atoms with Gasteiger partial charge in [0.25, 0.3) is 0 Å². The van der Waals surface area contributed by atoms with Crippen LogP contribution in [0.4, 0.5) is 0 Å². The molecule has 0 N–H and O–H groups in total. The fourth-order valence-corrected chi connectivity index (χ4v) is 1.87. The van der Waals surface area contributed by atoms with Gasteiger partial charge in [-0.2, -0.15) is 0 Å². The fraction of sp³-hybridized carbons (Fsp3) is 0.222. The van der Waals surface area contributed by atoms with Gasteiger partial charge in [0.2, 0.25) is 0 Å². The maximum Gasteiger partial charge on any atom is 0.338 e. The van der Waals surface area contributed by atoms with E-state index >= 15 is 0 Å². The molecular weight excluding hydrogens is 280 g/mol. The lowest BCUT2D eigenvalue weighted by molar-refractivity contribution is 0.0526. The van der Waals surface area contributed by atoms with Gasteiger partial charge in [-0.15, -0.1) is 0 Å². The topological polar surface area (TPSA) is 52.6 Å². The van der Waals surface area contributed by atoms with Crippen LogP contribution in [0.1, 0.15) is 33.2 Å². The summed E-state index contributed by atoms with van der Waals surface area (Å²) in [5.74, 6) is 0.0766. The highest BCUT2D eigenvalue weighted by molar-refractivity contribution is 5.97.